The van der Waals surface area contributed by atoms with Gasteiger partial charge in [0.2, 0.25) is 0 Å². The van der Waals surface area contributed by atoms with Crippen LogP contribution in [-0.2, 0) is 0 Å². The molecule has 0 aliphatic heterocycles. The van der Waals surface area contributed by atoms with Crippen molar-refractivity contribution in [2.75, 3.05) is 19.8 Å². The second-order valence-electron chi connectivity index (χ2n) is 4.05. The summed E-state index contributed by atoms with van der Waals surface area (Å²) in [4.78, 5) is 0. The summed E-state index contributed by atoms with van der Waals surface area (Å²) in [5.74, 6) is -0.290. The van der Waals surface area contributed by atoms with Gasteiger partial charge in [-0.1, -0.05) is 18.5 Å². The zero-order valence-electron chi connectivity index (χ0n) is 10.5. The highest BCUT2D eigenvalue weighted by atomic mass is 35.5. The van der Waals surface area contributed by atoms with Gasteiger partial charge in [-0.15, -0.1) is 0 Å². The largest absolute Gasteiger partial charge is 0.489 e. The van der Waals surface area contributed by atoms with Crippen molar-refractivity contribution in [3.8, 4) is 5.75 Å². The Morgan fingerprint density at radius 3 is 2.89 bits per heavy atom. The molecule has 0 saturated carbocycles. The molecule has 0 heterocycles. The van der Waals surface area contributed by atoms with Crippen LogP contribution in [0.3, 0.4) is 0 Å². The number of aliphatic hydroxyl groups excluding tert-OH is 1. The molecule has 3 nitrogen and oxygen atoms in total. The van der Waals surface area contributed by atoms with Crippen molar-refractivity contribution < 1.29 is 14.2 Å². The number of hydrogen-bond donors (Lipinski definition) is 2. The van der Waals surface area contributed by atoms with Gasteiger partial charge in [0.1, 0.15) is 6.61 Å². The molecule has 5 heteroatoms. The molecule has 0 aromatic heterocycles. The van der Waals surface area contributed by atoms with Gasteiger partial charge in [-0.2, -0.15) is 0 Å². The van der Waals surface area contributed by atoms with E-state index >= 15 is 0 Å². The molecule has 0 amide bonds. The Bertz CT molecular complexity index is 363. The van der Waals surface area contributed by atoms with E-state index in [1.165, 1.54) is 12.1 Å². The summed E-state index contributed by atoms with van der Waals surface area (Å²) in [5.41, 5.74) is 0. The van der Waals surface area contributed by atoms with Crippen LogP contribution in [0.5, 0.6) is 5.75 Å². The van der Waals surface area contributed by atoms with Crippen molar-refractivity contribution >= 4 is 11.6 Å². The first-order valence-corrected chi connectivity index (χ1v) is 6.47. The van der Waals surface area contributed by atoms with E-state index in [-0.39, 0.29) is 18.4 Å². The fraction of sp³-hybridized carbons (Fsp3) is 0.538. The number of nitrogens with one attached hydrogen (secondary N) is 1. The van der Waals surface area contributed by atoms with Gasteiger partial charge in [-0.25, -0.2) is 4.39 Å². The minimum atomic E-state index is -0.472. The number of hydrogen-bond acceptors (Lipinski definition) is 3. The van der Waals surface area contributed by atoms with Crippen molar-refractivity contribution in [3.05, 3.63) is 29.0 Å². The van der Waals surface area contributed by atoms with Gasteiger partial charge in [0.25, 0.3) is 0 Å². The average molecular weight is 276 g/mol. The Morgan fingerprint density at radius 1 is 1.50 bits per heavy atom. The van der Waals surface area contributed by atoms with E-state index in [0.717, 1.165) is 13.0 Å². The highest BCUT2D eigenvalue weighted by Crippen LogP contribution is 2.21. The van der Waals surface area contributed by atoms with Crippen LogP contribution in [0.4, 0.5) is 4.39 Å². The summed E-state index contributed by atoms with van der Waals surface area (Å²) in [6.07, 6.45) is 1.58. The van der Waals surface area contributed by atoms with E-state index < -0.39 is 5.82 Å². The van der Waals surface area contributed by atoms with Gasteiger partial charge in [0, 0.05) is 17.7 Å². The lowest BCUT2D eigenvalue weighted by Crippen LogP contribution is -2.36. The molecule has 0 radical (unpaired) electrons. The molecule has 1 aromatic rings. The van der Waals surface area contributed by atoms with Crippen LogP contribution in [0.15, 0.2) is 18.2 Å². The lowest BCUT2D eigenvalue weighted by Gasteiger charge is -2.18. The van der Waals surface area contributed by atoms with Crippen LogP contribution in [-0.4, -0.2) is 30.9 Å². The number of rotatable bonds is 8. The predicted molar refractivity (Wildman–Crippen MR) is 70.7 cm³/mol. The van der Waals surface area contributed by atoms with Gasteiger partial charge in [0.15, 0.2) is 11.6 Å². The molecular weight excluding hydrogens is 257 g/mol. The van der Waals surface area contributed by atoms with Crippen LogP contribution in [0.1, 0.15) is 19.8 Å². The van der Waals surface area contributed by atoms with Crippen LogP contribution in [0.2, 0.25) is 5.02 Å². The maximum Gasteiger partial charge on any atom is 0.166 e. The van der Waals surface area contributed by atoms with Crippen LogP contribution in [0, 0.1) is 5.82 Å². The lowest BCUT2D eigenvalue weighted by molar-refractivity contribution is 0.209. The van der Waals surface area contributed by atoms with Crippen molar-refractivity contribution in [1.82, 2.24) is 5.32 Å². The van der Waals surface area contributed by atoms with Crippen molar-refractivity contribution in [2.24, 2.45) is 0 Å². The van der Waals surface area contributed by atoms with E-state index in [2.05, 4.69) is 12.2 Å². The summed E-state index contributed by atoms with van der Waals surface area (Å²) in [6.45, 7) is 3.30. The summed E-state index contributed by atoms with van der Waals surface area (Å²) in [7, 11) is 0. The monoisotopic (exact) mass is 275 g/mol. The van der Waals surface area contributed by atoms with Gasteiger partial charge < -0.3 is 15.2 Å². The maximum atomic E-state index is 13.5. The summed E-state index contributed by atoms with van der Waals surface area (Å²) >= 11 is 5.66. The van der Waals surface area contributed by atoms with Crippen LogP contribution in [0.25, 0.3) is 0 Å². The molecule has 0 fully saturated rings. The first-order chi connectivity index (χ1) is 8.67. The fourth-order valence-electron chi connectivity index (χ4n) is 1.53. The number of halogens is 2. The highest BCUT2D eigenvalue weighted by molar-refractivity contribution is 6.30. The molecule has 1 aromatic carbocycles. The van der Waals surface area contributed by atoms with Crippen molar-refractivity contribution in [1.29, 1.82) is 0 Å². The Morgan fingerprint density at radius 2 is 2.28 bits per heavy atom. The second kappa shape index (κ2) is 8.29. The molecule has 0 spiro atoms. The fourth-order valence-corrected chi connectivity index (χ4v) is 1.69. The Balaban J connectivity index is 2.49. The molecule has 102 valence electrons. The van der Waals surface area contributed by atoms with E-state index in [9.17, 15) is 4.39 Å². The van der Waals surface area contributed by atoms with Gasteiger partial charge in [0.05, 0.1) is 0 Å². The van der Waals surface area contributed by atoms with Crippen molar-refractivity contribution in [2.45, 2.75) is 25.8 Å². The lowest BCUT2D eigenvalue weighted by atomic mass is 10.2. The van der Waals surface area contributed by atoms with E-state index in [4.69, 9.17) is 21.4 Å². The molecule has 0 aliphatic carbocycles. The SMILES string of the molecule is CCCNC(CCO)COc1ccc(Cl)cc1F. The molecule has 1 rings (SSSR count). The standard InChI is InChI=1S/C13H19ClFNO2/c1-2-6-16-11(5-7-17)9-18-13-4-3-10(14)8-12(13)15/h3-4,8,11,16-17H,2,5-7,9H2,1H3. The zero-order valence-corrected chi connectivity index (χ0v) is 11.2. The third-order valence-corrected chi connectivity index (χ3v) is 2.73. The Hall–Kier alpha value is -0.840. The molecule has 2 N–H and O–H groups in total. The van der Waals surface area contributed by atoms with Gasteiger partial charge in [-0.05, 0) is 37.6 Å². The molecule has 0 bridgehead atoms. The summed E-state index contributed by atoms with van der Waals surface area (Å²) < 4.78 is 18.9. The number of aliphatic hydroxyl groups is 1. The summed E-state index contributed by atoms with van der Waals surface area (Å²) in [6, 6.07) is 4.33. The summed E-state index contributed by atoms with van der Waals surface area (Å²) in [5, 5.41) is 12.5. The Labute approximate surface area is 112 Å². The van der Waals surface area contributed by atoms with E-state index in [1.54, 1.807) is 6.07 Å². The molecular formula is C13H19ClFNO2. The molecule has 0 aliphatic rings. The smallest absolute Gasteiger partial charge is 0.166 e. The highest BCUT2D eigenvalue weighted by Gasteiger charge is 2.10. The van der Waals surface area contributed by atoms with Crippen LogP contribution >= 0.6 is 11.6 Å². The quantitative estimate of drug-likeness (QED) is 0.766. The first-order valence-electron chi connectivity index (χ1n) is 6.09. The van der Waals surface area contributed by atoms with Gasteiger partial charge >= 0.3 is 0 Å². The second-order valence-corrected chi connectivity index (χ2v) is 4.49. The topological polar surface area (TPSA) is 41.5 Å². The van der Waals surface area contributed by atoms with Crippen LogP contribution < -0.4 is 10.1 Å². The third-order valence-electron chi connectivity index (χ3n) is 2.49. The van der Waals surface area contributed by atoms with Crippen molar-refractivity contribution in [3.63, 3.8) is 0 Å². The van der Waals surface area contributed by atoms with Gasteiger partial charge in [-0.3, -0.25) is 0 Å². The normalized spacial score (nSPS) is 12.4. The molecule has 0 saturated heterocycles. The van der Waals surface area contributed by atoms with E-state index in [0.29, 0.717) is 18.1 Å². The minimum Gasteiger partial charge on any atom is -0.489 e. The molecule has 1 atom stereocenters. The predicted octanol–water partition coefficient (Wildman–Crippen LogP) is 2.61. The molecule has 1 unspecified atom stereocenters. The Kier molecular flexibility index (Phi) is 7.01. The molecule has 18 heavy (non-hydrogen) atoms. The van der Waals surface area contributed by atoms with E-state index in [1.807, 2.05) is 0 Å². The average Bonchev–Trinajstić information content (AvgIpc) is 2.34. The maximum absolute atomic E-state index is 13.5. The zero-order chi connectivity index (χ0) is 13.4. The first kappa shape index (κ1) is 15.2. The number of benzene rings is 1. The number of ether oxygens (including phenoxy) is 1. The third kappa shape index (κ3) is 5.21. The minimum absolute atomic E-state index is 0.0185.